The van der Waals surface area contributed by atoms with E-state index in [1.165, 1.54) is 4.31 Å². The second-order valence-corrected chi connectivity index (χ2v) is 10.6. The first-order chi connectivity index (χ1) is 16.3. The number of hydrogen-bond donors (Lipinski definition) is 1. The molecule has 3 aromatic rings. The number of hydrogen-bond acceptors (Lipinski definition) is 6. The first kappa shape index (κ1) is 24.2. The van der Waals surface area contributed by atoms with Crippen molar-refractivity contribution in [2.24, 2.45) is 0 Å². The van der Waals surface area contributed by atoms with E-state index in [0.29, 0.717) is 37.3 Å². The Morgan fingerprint density at radius 2 is 2.00 bits per heavy atom. The van der Waals surface area contributed by atoms with Crippen molar-refractivity contribution < 1.29 is 17.9 Å². The molecule has 0 radical (unpaired) electrons. The number of aromatic nitrogens is 3. The fourth-order valence-corrected chi connectivity index (χ4v) is 5.98. The number of carbonyl (C=O) groups excluding carboxylic acids is 1. The second-order valence-electron chi connectivity index (χ2n) is 8.66. The standard InChI is InChI=1S/C24H31N5O4S/c1-4-33-23-11-6-5-9-18(23)16-25-24(30)22-10-7-8-14-28(22)34(31,32)19-12-13-21-20(15-19)26-27-29(21)17(2)3/h5-6,9,11-13,15,17,22H,4,7-8,10,14,16H2,1-3H3,(H,25,30). The number of para-hydroxylation sites is 1. The third kappa shape index (κ3) is 4.78. The number of nitrogens with zero attached hydrogens (tertiary/aromatic N) is 4. The van der Waals surface area contributed by atoms with Gasteiger partial charge in [-0.25, -0.2) is 13.1 Å². The molecule has 0 aliphatic carbocycles. The SMILES string of the molecule is CCOc1ccccc1CNC(=O)C1CCCCN1S(=O)(=O)c1ccc2c(c1)nnn2C(C)C. The van der Waals surface area contributed by atoms with E-state index in [0.717, 1.165) is 17.5 Å². The van der Waals surface area contributed by atoms with Gasteiger partial charge < -0.3 is 10.1 Å². The number of amides is 1. The van der Waals surface area contributed by atoms with Crippen molar-refractivity contribution in [2.75, 3.05) is 13.2 Å². The van der Waals surface area contributed by atoms with E-state index in [1.807, 2.05) is 45.0 Å². The molecule has 1 fully saturated rings. The van der Waals surface area contributed by atoms with Gasteiger partial charge in [0, 0.05) is 24.7 Å². The van der Waals surface area contributed by atoms with Gasteiger partial charge in [-0.05, 0) is 57.9 Å². The van der Waals surface area contributed by atoms with Crippen molar-refractivity contribution in [2.45, 2.75) is 63.6 Å². The first-order valence-corrected chi connectivity index (χ1v) is 13.1. The lowest BCUT2D eigenvalue weighted by Gasteiger charge is -2.33. The Morgan fingerprint density at radius 1 is 1.21 bits per heavy atom. The Bertz CT molecular complexity index is 1270. The Hall–Kier alpha value is -2.98. The monoisotopic (exact) mass is 485 g/mol. The molecule has 1 aliphatic heterocycles. The predicted molar refractivity (Wildman–Crippen MR) is 129 cm³/mol. The molecule has 0 saturated carbocycles. The maximum absolute atomic E-state index is 13.6. The molecule has 10 heteroatoms. The van der Waals surface area contributed by atoms with Crippen LogP contribution < -0.4 is 10.1 Å². The molecule has 2 aromatic carbocycles. The largest absolute Gasteiger partial charge is 0.494 e. The smallest absolute Gasteiger partial charge is 0.243 e. The summed E-state index contributed by atoms with van der Waals surface area (Å²) in [6, 6.07) is 11.7. The molecule has 1 amide bonds. The lowest BCUT2D eigenvalue weighted by molar-refractivity contribution is -0.125. The van der Waals surface area contributed by atoms with Gasteiger partial charge in [-0.2, -0.15) is 4.31 Å². The zero-order valence-corrected chi connectivity index (χ0v) is 20.6. The minimum atomic E-state index is -3.89. The van der Waals surface area contributed by atoms with Crippen LogP contribution in [0.3, 0.4) is 0 Å². The van der Waals surface area contributed by atoms with Crippen LogP contribution in [0.5, 0.6) is 5.75 Å². The summed E-state index contributed by atoms with van der Waals surface area (Å²) in [7, 11) is -3.89. The molecule has 9 nitrogen and oxygen atoms in total. The second kappa shape index (κ2) is 10.1. The van der Waals surface area contributed by atoms with E-state index in [4.69, 9.17) is 4.74 Å². The maximum Gasteiger partial charge on any atom is 0.243 e. The molecule has 182 valence electrons. The van der Waals surface area contributed by atoms with Gasteiger partial charge in [0.25, 0.3) is 0 Å². The van der Waals surface area contributed by atoms with Gasteiger partial charge in [-0.3, -0.25) is 4.79 Å². The van der Waals surface area contributed by atoms with Gasteiger partial charge in [0.05, 0.1) is 17.0 Å². The maximum atomic E-state index is 13.6. The molecule has 1 saturated heterocycles. The molecule has 1 N–H and O–H groups in total. The van der Waals surface area contributed by atoms with Gasteiger partial charge in [-0.15, -0.1) is 5.10 Å². The lowest BCUT2D eigenvalue weighted by atomic mass is 10.0. The van der Waals surface area contributed by atoms with Crippen LogP contribution in [0, 0.1) is 0 Å². The fraction of sp³-hybridized carbons (Fsp3) is 0.458. The van der Waals surface area contributed by atoms with Gasteiger partial charge in [0.15, 0.2) is 0 Å². The number of benzene rings is 2. The fourth-order valence-electron chi connectivity index (χ4n) is 4.30. The highest BCUT2D eigenvalue weighted by Gasteiger charge is 2.37. The van der Waals surface area contributed by atoms with Crippen LogP contribution in [0.4, 0.5) is 0 Å². The van der Waals surface area contributed by atoms with Crippen LogP contribution in [0.25, 0.3) is 11.0 Å². The molecule has 2 heterocycles. The minimum Gasteiger partial charge on any atom is -0.494 e. The minimum absolute atomic E-state index is 0.107. The average Bonchev–Trinajstić information content (AvgIpc) is 3.27. The van der Waals surface area contributed by atoms with Crippen LogP contribution in [-0.2, 0) is 21.4 Å². The topological polar surface area (TPSA) is 106 Å². The van der Waals surface area contributed by atoms with Crippen LogP contribution >= 0.6 is 0 Å². The van der Waals surface area contributed by atoms with Crippen LogP contribution in [0.15, 0.2) is 47.4 Å². The summed E-state index contributed by atoms with van der Waals surface area (Å²) in [6.45, 7) is 6.97. The van der Waals surface area contributed by atoms with Gasteiger partial charge in [0.2, 0.25) is 15.9 Å². The number of sulfonamides is 1. The third-order valence-corrected chi connectivity index (χ3v) is 7.92. The summed E-state index contributed by atoms with van der Waals surface area (Å²) in [5.74, 6) is 0.405. The van der Waals surface area contributed by atoms with Crippen LogP contribution in [0.2, 0.25) is 0 Å². The molecule has 34 heavy (non-hydrogen) atoms. The van der Waals surface area contributed by atoms with Crippen molar-refractivity contribution in [1.29, 1.82) is 0 Å². The van der Waals surface area contributed by atoms with E-state index >= 15 is 0 Å². The number of fused-ring (bicyclic) bond motifs is 1. The molecule has 1 aliphatic rings. The highest BCUT2D eigenvalue weighted by Crippen LogP contribution is 2.28. The quantitative estimate of drug-likeness (QED) is 0.525. The predicted octanol–water partition coefficient (Wildman–Crippen LogP) is 3.27. The van der Waals surface area contributed by atoms with Crippen LogP contribution in [0.1, 0.15) is 51.6 Å². The zero-order chi connectivity index (χ0) is 24.3. The molecule has 0 bridgehead atoms. The number of rotatable bonds is 8. The highest BCUT2D eigenvalue weighted by atomic mass is 32.2. The van der Waals surface area contributed by atoms with E-state index in [2.05, 4.69) is 15.6 Å². The van der Waals surface area contributed by atoms with Crippen molar-refractivity contribution in [1.82, 2.24) is 24.6 Å². The molecule has 1 atom stereocenters. The summed E-state index contributed by atoms with van der Waals surface area (Å²) in [6.07, 6.45) is 1.98. The summed E-state index contributed by atoms with van der Waals surface area (Å²) < 4.78 is 35.9. The summed E-state index contributed by atoms with van der Waals surface area (Å²) >= 11 is 0. The highest BCUT2D eigenvalue weighted by molar-refractivity contribution is 7.89. The molecule has 1 aromatic heterocycles. The van der Waals surface area contributed by atoms with Crippen LogP contribution in [-0.4, -0.2) is 52.8 Å². The third-order valence-electron chi connectivity index (χ3n) is 6.02. The Kier molecular flexibility index (Phi) is 7.18. The Labute approximate surface area is 200 Å². The molecule has 0 spiro atoms. The van der Waals surface area contributed by atoms with Crippen molar-refractivity contribution in [3.8, 4) is 5.75 Å². The van der Waals surface area contributed by atoms with Gasteiger partial charge >= 0.3 is 0 Å². The number of piperidine rings is 1. The van der Waals surface area contributed by atoms with E-state index in [-0.39, 0.29) is 23.4 Å². The number of ether oxygens (including phenoxy) is 1. The first-order valence-electron chi connectivity index (χ1n) is 11.7. The average molecular weight is 486 g/mol. The van der Waals surface area contributed by atoms with Crippen molar-refractivity contribution >= 4 is 27.0 Å². The molecule has 4 rings (SSSR count). The molecular formula is C24H31N5O4S. The van der Waals surface area contributed by atoms with Crippen molar-refractivity contribution in [3.05, 3.63) is 48.0 Å². The number of nitrogens with one attached hydrogen (secondary N) is 1. The number of carbonyl (C=O) groups is 1. The zero-order valence-electron chi connectivity index (χ0n) is 19.8. The van der Waals surface area contributed by atoms with E-state index in [9.17, 15) is 13.2 Å². The van der Waals surface area contributed by atoms with Gasteiger partial charge in [0.1, 0.15) is 17.3 Å². The van der Waals surface area contributed by atoms with E-state index in [1.54, 1.807) is 22.9 Å². The normalized spacial score (nSPS) is 17.2. The molecular weight excluding hydrogens is 454 g/mol. The van der Waals surface area contributed by atoms with E-state index < -0.39 is 16.1 Å². The van der Waals surface area contributed by atoms with Gasteiger partial charge in [-0.1, -0.05) is 29.8 Å². The summed E-state index contributed by atoms with van der Waals surface area (Å²) in [5, 5.41) is 11.2. The summed E-state index contributed by atoms with van der Waals surface area (Å²) in [4.78, 5) is 13.3. The Morgan fingerprint density at radius 3 is 2.76 bits per heavy atom. The summed E-state index contributed by atoms with van der Waals surface area (Å²) in [5.41, 5.74) is 2.14. The Balaban J connectivity index is 1.55. The van der Waals surface area contributed by atoms with Crippen molar-refractivity contribution in [3.63, 3.8) is 0 Å². The molecule has 1 unspecified atom stereocenters. The lowest BCUT2D eigenvalue weighted by Crippen LogP contribution is -2.51.